The van der Waals surface area contributed by atoms with Crippen molar-refractivity contribution in [1.82, 2.24) is 4.90 Å². The van der Waals surface area contributed by atoms with Gasteiger partial charge in [-0.1, -0.05) is 13.8 Å². The molecule has 1 rings (SSSR count). The SMILES string of the molecule is CC(C)C1CCC(=O)N(CCCC#N)CC1. The summed E-state index contributed by atoms with van der Waals surface area (Å²) < 4.78 is 0. The third-order valence-electron chi connectivity index (χ3n) is 3.51. The van der Waals surface area contributed by atoms with Gasteiger partial charge in [-0.25, -0.2) is 0 Å². The summed E-state index contributed by atoms with van der Waals surface area (Å²) in [4.78, 5) is 13.8. The number of likely N-dealkylation sites (tertiary alicyclic amines) is 1. The summed E-state index contributed by atoms with van der Waals surface area (Å²) in [6.07, 6.45) is 4.21. The van der Waals surface area contributed by atoms with Crippen molar-refractivity contribution < 1.29 is 4.79 Å². The molecule has 1 amide bonds. The van der Waals surface area contributed by atoms with Crippen LogP contribution in [0.1, 0.15) is 46.0 Å². The zero-order valence-electron chi connectivity index (χ0n) is 10.4. The molecule has 0 aromatic heterocycles. The van der Waals surface area contributed by atoms with Crippen molar-refractivity contribution in [3.8, 4) is 6.07 Å². The van der Waals surface area contributed by atoms with Crippen molar-refractivity contribution in [2.24, 2.45) is 11.8 Å². The van der Waals surface area contributed by atoms with Crippen LogP contribution in [-0.4, -0.2) is 23.9 Å². The Morgan fingerprint density at radius 3 is 2.88 bits per heavy atom. The molecule has 16 heavy (non-hydrogen) atoms. The van der Waals surface area contributed by atoms with Crippen LogP contribution in [0.3, 0.4) is 0 Å². The number of hydrogen-bond donors (Lipinski definition) is 0. The van der Waals surface area contributed by atoms with Gasteiger partial charge in [0.15, 0.2) is 0 Å². The number of carbonyl (C=O) groups is 1. The number of hydrogen-bond acceptors (Lipinski definition) is 2. The van der Waals surface area contributed by atoms with Crippen molar-refractivity contribution in [3.05, 3.63) is 0 Å². The highest BCUT2D eigenvalue weighted by atomic mass is 16.2. The number of unbranched alkanes of at least 4 members (excludes halogenated alkanes) is 1. The predicted molar refractivity (Wildman–Crippen MR) is 63.6 cm³/mol. The van der Waals surface area contributed by atoms with Crippen LogP contribution in [0.25, 0.3) is 0 Å². The monoisotopic (exact) mass is 222 g/mol. The summed E-state index contributed by atoms with van der Waals surface area (Å²) in [6, 6.07) is 2.13. The molecule has 1 aliphatic rings. The average Bonchev–Trinajstić information content (AvgIpc) is 2.42. The van der Waals surface area contributed by atoms with E-state index in [1.165, 1.54) is 0 Å². The third kappa shape index (κ3) is 3.84. The number of carbonyl (C=O) groups excluding carboxylic acids is 1. The van der Waals surface area contributed by atoms with Gasteiger partial charge in [-0.15, -0.1) is 0 Å². The van der Waals surface area contributed by atoms with Gasteiger partial charge in [0.25, 0.3) is 0 Å². The molecule has 3 heteroatoms. The topological polar surface area (TPSA) is 44.1 Å². The second kappa shape index (κ2) is 6.52. The standard InChI is InChI=1S/C13H22N2O/c1-11(2)12-5-6-13(16)15(10-7-12)9-4-3-8-14/h11-12H,3-7,9-10H2,1-2H3. The number of nitriles is 1. The van der Waals surface area contributed by atoms with Crippen LogP contribution in [0, 0.1) is 23.2 Å². The molecule has 1 unspecified atom stereocenters. The van der Waals surface area contributed by atoms with Crippen LogP contribution in [0.2, 0.25) is 0 Å². The highest BCUT2D eigenvalue weighted by Crippen LogP contribution is 2.25. The van der Waals surface area contributed by atoms with Gasteiger partial charge >= 0.3 is 0 Å². The van der Waals surface area contributed by atoms with E-state index in [0.29, 0.717) is 24.7 Å². The lowest BCUT2D eigenvalue weighted by atomic mass is 9.89. The summed E-state index contributed by atoms with van der Waals surface area (Å²) in [5.41, 5.74) is 0. The first-order valence-corrected chi connectivity index (χ1v) is 6.30. The summed E-state index contributed by atoms with van der Waals surface area (Å²) >= 11 is 0. The molecule has 1 fully saturated rings. The van der Waals surface area contributed by atoms with E-state index in [0.717, 1.165) is 32.4 Å². The highest BCUT2D eigenvalue weighted by Gasteiger charge is 2.23. The van der Waals surface area contributed by atoms with E-state index in [4.69, 9.17) is 5.26 Å². The van der Waals surface area contributed by atoms with E-state index in [1.807, 2.05) is 4.90 Å². The smallest absolute Gasteiger partial charge is 0.222 e. The molecule has 0 N–H and O–H groups in total. The first-order valence-electron chi connectivity index (χ1n) is 6.30. The fourth-order valence-corrected chi connectivity index (χ4v) is 2.31. The van der Waals surface area contributed by atoms with Gasteiger partial charge in [0.1, 0.15) is 0 Å². The van der Waals surface area contributed by atoms with Gasteiger partial charge in [-0.05, 0) is 31.1 Å². The molecular formula is C13H22N2O. The molecule has 1 heterocycles. The summed E-state index contributed by atoms with van der Waals surface area (Å²) in [5, 5.41) is 8.48. The average molecular weight is 222 g/mol. The van der Waals surface area contributed by atoms with Crippen LogP contribution in [0.4, 0.5) is 0 Å². The Morgan fingerprint density at radius 2 is 2.25 bits per heavy atom. The Balaban J connectivity index is 2.42. The minimum absolute atomic E-state index is 0.279. The number of amides is 1. The molecule has 0 bridgehead atoms. The van der Waals surface area contributed by atoms with Crippen molar-refractivity contribution in [2.75, 3.05) is 13.1 Å². The maximum atomic E-state index is 11.8. The fraction of sp³-hybridized carbons (Fsp3) is 0.846. The Morgan fingerprint density at radius 1 is 1.50 bits per heavy atom. The number of nitrogens with zero attached hydrogens (tertiary/aromatic N) is 2. The second-order valence-corrected chi connectivity index (χ2v) is 4.97. The maximum absolute atomic E-state index is 11.8. The van der Waals surface area contributed by atoms with E-state index >= 15 is 0 Å². The molecular weight excluding hydrogens is 200 g/mol. The van der Waals surface area contributed by atoms with Crippen molar-refractivity contribution in [2.45, 2.75) is 46.0 Å². The van der Waals surface area contributed by atoms with Crippen molar-refractivity contribution >= 4 is 5.91 Å². The summed E-state index contributed by atoms with van der Waals surface area (Å²) in [7, 11) is 0. The lowest BCUT2D eigenvalue weighted by molar-refractivity contribution is -0.130. The Bertz CT molecular complexity index is 268. The second-order valence-electron chi connectivity index (χ2n) is 4.97. The lowest BCUT2D eigenvalue weighted by Crippen LogP contribution is -2.31. The number of rotatable bonds is 4. The lowest BCUT2D eigenvalue weighted by Gasteiger charge is -2.21. The zero-order valence-corrected chi connectivity index (χ0v) is 10.4. The van der Waals surface area contributed by atoms with Gasteiger partial charge < -0.3 is 4.90 Å². The van der Waals surface area contributed by atoms with Gasteiger partial charge in [-0.3, -0.25) is 4.79 Å². The highest BCUT2D eigenvalue weighted by molar-refractivity contribution is 5.76. The van der Waals surface area contributed by atoms with Crippen LogP contribution >= 0.6 is 0 Å². The van der Waals surface area contributed by atoms with Gasteiger partial charge in [0, 0.05) is 25.9 Å². The molecule has 1 atom stereocenters. The van der Waals surface area contributed by atoms with E-state index in [2.05, 4.69) is 19.9 Å². The summed E-state index contributed by atoms with van der Waals surface area (Å²) in [5.74, 6) is 1.64. The van der Waals surface area contributed by atoms with Gasteiger partial charge in [0.2, 0.25) is 5.91 Å². The molecule has 3 nitrogen and oxygen atoms in total. The van der Waals surface area contributed by atoms with Crippen LogP contribution in [-0.2, 0) is 4.79 Å². The molecule has 0 radical (unpaired) electrons. The largest absolute Gasteiger partial charge is 0.343 e. The first kappa shape index (κ1) is 13.0. The molecule has 1 saturated heterocycles. The Labute approximate surface area is 98.4 Å². The molecule has 1 aliphatic heterocycles. The molecule has 0 aromatic carbocycles. The van der Waals surface area contributed by atoms with E-state index in [9.17, 15) is 4.79 Å². The Kier molecular flexibility index (Phi) is 5.31. The molecule has 0 saturated carbocycles. The van der Waals surface area contributed by atoms with Crippen LogP contribution < -0.4 is 0 Å². The first-order chi connectivity index (χ1) is 7.65. The van der Waals surface area contributed by atoms with E-state index in [-0.39, 0.29) is 5.91 Å². The van der Waals surface area contributed by atoms with Gasteiger partial charge in [0.05, 0.1) is 6.07 Å². The summed E-state index contributed by atoms with van der Waals surface area (Å²) in [6.45, 7) is 6.12. The normalized spacial score (nSPS) is 22.0. The third-order valence-corrected chi connectivity index (χ3v) is 3.51. The van der Waals surface area contributed by atoms with Gasteiger partial charge in [-0.2, -0.15) is 5.26 Å². The van der Waals surface area contributed by atoms with Crippen molar-refractivity contribution in [1.29, 1.82) is 5.26 Å². The van der Waals surface area contributed by atoms with Crippen LogP contribution in [0.5, 0.6) is 0 Å². The maximum Gasteiger partial charge on any atom is 0.222 e. The minimum atomic E-state index is 0.279. The fourth-order valence-electron chi connectivity index (χ4n) is 2.31. The minimum Gasteiger partial charge on any atom is -0.343 e. The molecule has 0 spiro atoms. The molecule has 0 aromatic rings. The molecule has 90 valence electrons. The van der Waals surface area contributed by atoms with Crippen molar-refractivity contribution in [3.63, 3.8) is 0 Å². The zero-order chi connectivity index (χ0) is 12.0. The molecule has 0 aliphatic carbocycles. The quantitative estimate of drug-likeness (QED) is 0.686. The van der Waals surface area contributed by atoms with E-state index in [1.54, 1.807) is 0 Å². The van der Waals surface area contributed by atoms with Crippen LogP contribution in [0.15, 0.2) is 0 Å². The van der Waals surface area contributed by atoms with E-state index < -0.39 is 0 Å². The Hall–Kier alpha value is -1.04. The predicted octanol–water partition coefficient (Wildman–Crippen LogP) is 2.57.